The normalized spacial score (nSPS) is 17.4. The zero-order valence-electron chi connectivity index (χ0n) is 11.5. The summed E-state index contributed by atoms with van der Waals surface area (Å²) in [6, 6.07) is 4.57. The lowest BCUT2D eigenvalue weighted by atomic mass is 9.78. The number of carbonyl (C=O) groups is 2. The maximum absolute atomic E-state index is 13.8. The Kier molecular flexibility index (Phi) is 3.79. The van der Waals surface area contributed by atoms with E-state index in [1.165, 1.54) is 13.2 Å². The molecule has 1 unspecified atom stereocenters. The number of hydrogen-bond acceptors (Lipinski definition) is 3. The Labute approximate surface area is 116 Å². The van der Waals surface area contributed by atoms with Crippen molar-refractivity contribution in [2.45, 2.75) is 31.6 Å². The second-order valence-electron chi connectivity index (χ2n) is 5.11. The molecule has 1 atom stereocenters. The zero-order valence-corrected chi connectivity index (χ0v) is 11.5. The number of benzene rings is 1. The number of ketones is 1. The van der Waals surface area contributed by atoms with Crippen molar-refractivity contribution >= 4 is 11.8 Å². The molecule has 1 fully saturated rings. The van der Waals surface area contributed by atoms with Crippen LogP contribution in [0.3, 0.4) is 0 Å². The van der Waals surface area contributed by atoms with E-state index in [0.29, 0.717) is 24.8 Å². The van der Waals surface area contributed by atoms with Crippen molar-refractivity contribution in [1.29, 1.82) is 0 Å². The van der Waals surface area contributed by atoms with Gasteiger partial charge < -0.3 is 9.84 Å². The molecule has 1 aromatic carbocycles. The maximum atomic E-state index is 13.8. The maximum Gasteiger partial charge on any atom is 0.372 e. The molecule has 1 aromatic rings. The third-order valence-corrected chi connectivity index (χ3v) is 4.10. The van der Waals surface area contributed by atoms with Crippen molar-refractivity contribution < 1.29 is 23.8 Å². The van der Waals surface area contributed by atoms with E-state index in [1.807, 2.05) is 0 Å². The summed E-state index contributed by atoms with van der Waals surface area (Å²) in [5.41, 5.74) is -0.000972. The number of hydrogen-bond donors (Lipinski definition) is 1. The Morgan fingerprint density at radius 1 is 1.45 bits per heavy atom. The number of methoxy groups -OCH3 is 1. The molecular formula is C15H17FO4. The number of halogens is 1. The molecule has 0 amide bonds. The van der Waals surface area contributed by atoms with Crippen molar-refractivity contribution in [3.8, 4) is 5.75 Å². The van der Waals surface area contributed by atoms with Crippen LogP contribution in [0.5, 0.6) is 5.75 Å². The van der Waals surface area contributed by atoms with Gasteiger partial charge in [0.15, 0.2) is 11.6 Å². The lowest BCUT2D eigenvalue weighted by Crippen LogP contribution is -2.33. The van der Waals surface area contributed by atoms with Crippen LogP contribution in [0.15, 0.2) is 18.2 Å². The Hall–Kier alpha value is -1.91. The van der Waals surface area contributed by atoms with E-state index >= 15 is 0 Å². The fourth-order valence-corrected chi connectivity index (χ4v) is 3.02. The standard InChI is InChI=1S/C15H17FO4/c1-3-9(12(17)14(18)19)15(7-8-15)10-5-4-6-11(16)13(10)20-2/h4-6,9H,3,7-8H2,1-2H3,(H,18,19). The van der Waals surface area contributed by atoms with Crippen LogP contribution in [0.2, 0.25) is 0 Å². The third-order valence-electron chi connectivity index (χ3n) is 4.10. The number of ether oxygens (including phenoxy) is 1. The summed E-state index contributed by atoms with van der Waals surface area (Å²) in [7, 11) is 1.37. The van der Waals surface area contributed by atoms with Crippen LogP contribution in [-0.2, 0) is 15.0 Å². The molecule has 0 saturated heterocycles. The topological polar surface area (TPSA) is 63.6 Å². The summed E-state index contributed by atoms with van der Waals surface area (Å²) < 4.78 is 18.9. The number of carboxylic acids is 1. The quantitative estimate of drug-likeness (QED) is 0.813. The Balaban J connectivity index is 2.48. The molecule has 4 nitrogen and oxygen atoms in total. The minimum Gasteiger partial charge on any atom is -0.493 e. The summed E-state index contributed by atoms with van der Waals surface area (Å²) in [4.78, 5) is 22.9. The number of aliphatic carboxylic acids is 1. The van der Waals surface area contributed by atoms with Gasteiger partial charge in [-0.15, -0.1) is 0 Å². The van der Waals surface area contributed by atoms with Gasteiger partial charge in [0.05, 0.1) is 7.11 Å². The molecule has 1 N–H and O–H groups in total. The van der Waals surface area contributed by atoms with Crippen molar-refractivity contribution in [2.75, 3.05) is 7.11 Å². The number of para-hydroxylation sites is 1. The molecule has 1 saturated carbocycles. The molecule has 0 aromatic heterocycles. The Bertz CT molecular complexity index is 549. The molecule has 0 bridgehead atoms. The smallest absolute Gasteiger partial charge is 0.372 e. The van der Waals surface area contributed by atoms with Gasteiger partial charge in [0, 0.05) is 16.9 Å². The van der Waals surface area contributed by atoms with Crippen molar-refractivity contribution in [2.24, 2.45) is 5.92 Å². The summed E-state index contributed by atoms with van der Waals surface area (Å²) in [6.45, 7) is 1.78. The predicted molar refractivity (Wildman–Crippen MR) is 70.3 cm³/mol. The van der Waals surface area contributed by atoms with Crippen molar-refractivity contribution in [1.82, 2.24) is 0 Å². The molecule has 0 radical (unpaired) electrons. The minimum absolute atomic E-state index is 0.113. The van der Waals surface area contributed by atoms with Crippen LogP contribution in [0.25, 0.3) is 0 Å². The fraction of sp³-hybridized carbons (Fsp3) is 0.467. The molecule has 0 heterocycles. The van der Waals surface area contributed by atoms with Crippen molar-refractivity contribution in [3.05, 3.63) is 29.6 Å². The van der Waals surface area contributed by atoms with E-state index in [4.69, 9.17) is 9.84 Å². The minimum atomic E-state index is -1.43. The highest BCUT2D eigenvalue weighted by Crippen LogP contribution is 2.57. The lowest BCUT2D eigenvalue weighted by molar-refractivity contribution is -0.151. The van der Waals surface area contributed by atoms with Gasteiger partial charge >= 0.3 is 5.97 Å². The SMILES string of the molecule is CCC(C(=O)C(=O)O)C1(c2cccc(F)c2OC)CC1. The van der Waals surface area contributed by atoms with Gasteiger partial charge in [0.1, 0.15) is 0 Å². The molecule has 1 aliphatic carbocycles. The van der Waals surface area contributed by atoms with E-state index in [9.17, 15) is 14.0 Å². The first-order valence-electron chi connectivity index (χ1n) is 6.58. The van der Waals surface area contributed by atoms with E-state index in [0.717, 1.165) is 0 Å². The van der Waals surface area contributed by atoms with Crippen LogP contribution in [0, 0.1) is 11.7 Å². The van der Waals surface area contributed by atoms with Crippen LogP contribution < -0.4 is 4.74 Å². The molecule has 20 heavy (non-hydrogen) atoms. The molecule has 0 spiro atoms. The average molecular weight is 280 g/mol. The van der Waals surface area contributed by atoms with Gasteiger partial charge in [-0.2, -0.15) is 0 Å². The Morgan fingerprint density at radius 3 is 2.55 bits per heavy atom. The number of Topliss-reactive ketones (excluding diaryl/α,β-unsaturated/α-hetero) is 1. The van der Waals surface area contributed by atoms with Gasteiger partial charge in [-0.25, -0.2) is 9.18 Å². The van der Waals surface area contributed by atoms with Crippen LogP contribution >= 0.6 is 0 Å². The first-order valence-corrected chi connectivity index (χ1v) is 6.58. The summed E-state index contributed by atoms with van der Waals surface area (Å²) in [5, 5.41) is 8.95. The molecule has 0 aliphatic heterocycles. The van der Waals surface area contributed by atoms with Gasteiger partial charge in [0.25, 0.3) is 0 Å². The van der Waals surface area contributed by atoms with E-state index in [2.05, 4.69) is 0 Å². The largest absolute Gasteiger partial charge is 0.493 e. The van der Waals surface area contributed by atoms with Gasteiger partial charge in [0.2, 0.25) is 5.78 Å². The van der Waals surface area contributed by atoms with Crippen LogP contribution in [-0.4, -0.2) is 24.0 Å². The van der Waals surface area contributed by atoms with Crippen molar-refractivity contribution in [3.63, 3.8) is 0 Å². The second kappa shape index (κ2) is 5.23. The molecular weight excluding hydrogens is 263 g/mol. The number of rotatable bonds is 6. The van der Waals surface area contributed by atoms with Crippen LogP contribution in [0.1, 0.15) is 31.7 Å². The zero-order chi connectivity index (χ0) is 14.9. The number of carbonyl (C=O) groups excluding carboxylic acids is 1. The summed E-state index contributed by atoms with van der Waals surface area (Å²) in [5.74, 6) is -3.26. The lowest BCUT2D eigenvalue weighted by Gasteiger charge is -2.25. The number of carboxylic acid groups (broad SMARTS) is 1. The molecule has 5 heteroatoms. The van der Waals surface area contributed by atoms with E-state index < -0.39 is 28.9 Å². The summed E-state index contributed by atoms with van der Waals surface area (Å²) in [6.07, 6.45) is 1.75. The monoisotopic (exact) mass is 280 g/mol. The first-order chi connectivity index (χ1) is 9.47. The van der Waals surface area contributed by atoms with Gasteiger partial charge in [-0.3, -0.25) is 4.79 Å². The predicted octanol–water partition coefficient (Wildman–Crippen LogP) is 2.55. The van der Waals surface area contributed by atoms with E-state index in [-0.39, 0.29) is 5.75 Å². The Morgan fingerprint density at radius 2 is 2.10 bits per heavy atom. The summed E-state index contributed by atoms with van der Waals surface area (Å²) >= 11 is 0. The fourth-order valence-electron chi connectivity index (χ4n) is 3.02. The highest BCUT2D eigenvalue weighted by atomic mass is 19.1. The third kappa shape index (κ3) is 2.17. The molecule has 108 valence electrons. The average Bonchev–Trinajstić information content (AvgIpc) is 3.20. The van der Waals surface area contributed by atoms with Crippen LogP contribution in [0.4, 0.5) is 4.39 Å². The highest BCUT2D eigenvalue weighted by Gasteiger charge is 2.55. The molecule has 1 aliphatic rings. The van der Waals surface area contributed by atoms with Gasteiger partial charge in [-0.05, 0) is 25.3 Å². The van der Waals surface area contributed by atoms with Gasteiger partial charge in [-0.1, -0.05) is 19.1 Å². The second-order valence-corrected chi connectivity index (χ2v) is 5.11. The molecule has 2 rings (SSSR count). The van der Waals surface area contributed by atoms with E-state index in [1.54, 1.807) is 19.1 Å². The first kappa shape index (κ1) is 14.5. The highest BCUT2D eigenvalue weighted by molar-refractivity contribution is 6.34.